The minimum absolute atomic E-state index is 0.273. The SMILES string of the molecule is Cc1ccccc1-c1ccc2c3ccccc3n(-c3cnc(N4C(=O)c5ccccc5C4=O)c(-n4c5ccccc5c5ccc(-c6ccccc6C)cc54)c3)c2c1. The number of rotatable bonds is 5. The fourth-order valence-corrected chi connectivity index (χ4v) is 8.88. The number of carbonyl (C=O) groups excluding carboxylic acids is 2. The maximum Gasteiger partial charge on any atom is 0.267 e. The Morgan fingerprint density at radius 1 is 0.421 bits per heavy atom. The van der Waals surface area contributed by atoms with E-state index in [1.165, 1.54) is 21.6 Å². The van der Waals surface area contributed by atoms with Crippen molar-refractivity contribution in [2.45, 2.75) is 13.8 Å². The molecule has 0 saturated heterocycles. The fraction of sp³-hybridized carbons (Fsp3) is 0.0392. The van der Waals surface area contributed by atoms with Crippen molar-refractivity contribution in [2.75, 3.05) is 4.90 Å². The molecule has 0 atom stereocenters. The van der Waals surface area contributed by atoms with Crippen molar-refractivity contribution in [3.8, 4) is 33.6 Å². The predicted molar refractivity (Wildman–Crippen MR) is 231 cm³/mol. The highest BCUT2D eigenvalue weighted by atomic mass is 16.2. The van der Waals surface area contributed by atoms with Crippen LogP contribution in [0.1, 0.15) is 31.8 Å². The number of fused-ring (bicyclic) bond motifs is 7. The van der Waals surface area contributed by atoms with Gasteiger partial charge in [0.1, 0.15) is 0 Å². The van der Waals surface area contributed by atoms with Gasteiger partial charge in [-0.2, -0.15) is 0 Å². The van der Waals surface area contributed by atoms with Crippen molar-refractivity contribution < 1.29 is 9.59 Å². The van der Waals surface area contributed by atoms with Crippen LogP contribution in [0.15, 0.2) is 170 Å². The summed E-state index contributed by atoms with van der Waals surface area (Å²) in [6.45, 7) is 4.26. The lowest BCUT2D eigenvalue weighted by Crippen LogP contribution is -2.31. The molecule has 11 rings (SSSR count). The normalized spacial score (nSPS) is 12.8. The van der Waals surface area contributed by atoms with Gasteiger partial charge in [-0.3, -0.25) is 9.59 Å². The summed E-state index contributed by atoms with van der Waals surface area (Å²) in [7, 11) is 0. The van der Waals surface area contributed by atoms with Gasteiger partial charge in [0.05, 0.1) is 50.8 Å². The first-order valence-corrected chi connectivity index (χ1v) is 19.1. The number of para-hydroxylation sites is 2. The predicted octanol–water partition coefficient (Wildman–Crippen LogP) is 12.0. The number of amides is 2. The zero-order valence-electron chi connectivity index (χ0n) is 31.3. The second-order valence-electron chi connectivity index (χ2n) is 14.8. The molecule has 4 heterocycles. The molecule has 1 aliphatic rings. The average molecular weight is 735 g/mol. The molecule has 7 aromatic carbocycles. The van der Waals surface area contributed by atoms with Gasteiger partial charge >= 0.3 is 0 Å². The molecule has 0 saturated carbocycles. The summed E-state index contributed by atoms with van der Waals surface area (Å²) in [6, 6.07) is 55.8. The van der Waals surface area contributed by atoms with Gasteiger partial charge in [-0.1, -0.05) is 121 Å². The van der Waals surface area contributed by atoms with E-state index in [-0.39, 0.29) is 5.82 Å². The van der Waals surface area contributed by atoms with Crippen molar-refractivity contribution in [3.05, 3.63) is 192 Å². The van der Waals surface area contributed by atoms with Gasteiger partial charge in [-0.05, 0) is 89.7 Å². The van der Waals surface area contributed by atoms with E-state index in [4.69, 9.17) is 4.98 Å². The number of benzene rings is 7. The molecule has 0 unspecified atom stereocenters. The van der Waals surface area contributed by atoms with Crippen molar-refractivity contribution >= 4 is 61.2 Å². The summed E-state index contributed by atoms with van der Waals surface area (Å²) in [5, 5.41) is 4.35. The molecule has 1 aliphatic heterocycles. The van der Waals surface area contributed by atoms with Crippen molar-refractivity contribution in [2.24, 2.45) is 0 Å². The largest absolute Gasteiger partial charge is 0.308 e. The number of pyridine rings is 1. The van der Waals surface area contributed by atoms with Gasteiger partial charge in [-0.25, -0.2) is 9.88 Å². The highest BCUT2D eigenvalue weighted by Gasteiger charge is 2.39. The number of hydrogen-bond acceptors (Lipinski definition) is 3. The van der Waals surface area contributed by atoms with E-state index in [9.17, 15) is 9.59 Å². The fourth-order valence-electron chi connectivity index (χ4n) is 8.88. The third-order valence-electron chi connectivity index (χ3n) is 11.6. The minimum atomic E-state index is -0.391. The molecular formula is C51H34N4O2. The summed E-state index contributed by atoms with van der Waals surface area (Å²) >= 11 is 0. The van der Waals surface area contributed by atoms with Crippen LogP contribution in [0.2, 0.25) is 0 Å². The van der Waals surface area contributed by atoms with Crippen LogP contribution in [0.25, 0.3) is 77.2 Å². The Balaban J connectivity index is 1.23. The molecule has 6 heteroatoms. The van der Waals surface area contributed by atoms with Crippen LogP contribution in [0.5, 0.6) is 0 Å². The first-order valence-electron chi connectivity index (χ1n) is 19.1. The monoisotopic (exact) mass is 734 g/mol. The summed E-state index contributed by atoms with van der Waals surface area (Å²) in [5.74, 6) is -0.508. The third kappa shape index (κ3) is 4.87. The topological polar surface area (TPSA) is 60.1 Å². The standard InChI is InChI=1S/C51H34N4O2/c1-31-13-3-5-15-36(31)33-23-25-40-38-17-9-11-21-44(38)53(46(40)27-33)35-29-48(49(52-30-35)55-50(56)42-19-7-8-20-43(42)51(55)57)54-45-22-12-10-18-39(45)41-26-24-34(28-47(41)54)37-16-6-4-14-32(37)2/h3-30H,1-2H3. The molecule has 0 fully saturated rings. The Bertz CT molecular complexity index is 3300. The molecule has 2 amide bonds. The summed E-state index contributed by atoms with van der Waals surface area (Å²) in [4.78, 5) is 34.9. The van der Waals surface area contributed by atoms with Crippen LogP contribution in [-0.2, 0) is 0 Å². The molecule has 10 aromatic rings. The third-order valence-corrected chi connectivity index (χ3v) is 11.6. The highest BCUT2D eigenvalue weighted by Crippen LogP contribution is 2.42. The van der Waals surface area contributed by atoms with Crippen LogP contribution in [0.4, 0.5) is 5.82 Å². The van der Waals surface area contributed by atoms with E-state index in [0.717, 1.165) is 66.0 Å². The lowest BCUT2D eigenvalue weighted by atomic mass is 9.99. The Morgan fingerprint density at radius 3 is 1.40 bits per heavy atom. The summed E-state index contributed by atoms with van der Waals surface area (Å²) < 4.78 is 4.43. The van der Waals surface area contributed by atoms with E-state index in [1.54, 1.807) is 30.5 Å². The van der Waals surface area contributed by atoms with Crippen LogP contribution in [0.3, 0.4) is 0 Å². The van der Waals surface area contributed by atoms with Gasteiger partial charge in [0.25, 0.3) is 11.8 Å². The average Bonchev–Trinajstić information content (AvgIpc) is 3.85. The van der Waals surface area contributed by atoms with Crippen molar-refractivity contribution in [1.29, 1.82) is 0 Å². The number of aromatic nitrogens is 3. The van der Waals surface area contributed by atoms with Crippen molar-refractivity contribution in [1.82, 2.24) is 14.1 Å². The summed E-state index contributed by atoms with van der Waals surface area (Å²) in [6.07, 6.45) is 1.79. The number of nitrogens with zero attached hydrogens (tertiary/aromatic N) is 4. The number of hydrogen-bond donors (Lipinski definition) is 0. The maximum atomic E-state index is 14.2. The second-order valence-corrected chi connectivity index (χ2v) is 14.8. The number of carbonyl (C=O) groups is 2. The van der Waals surface area contributed by atoms with Gasteiger partial charge in [0, 0.05) is 21.5 Å². The highest BCUT2D eigenvalue weighted by molar-refractivity contribution is 6.34. The van der Waals surface area contributed by atoms with Gasteiger partial charge in [-0.15, -0.1) is 0 Å². The van der Waals surface area contributed by atoms with Crippen LogP contribution < -0.4 is 4.90 Å². The zero-order valence-corrected chi connectivity index (χ0v) is 31.3. The number of anilines is 1. The zero-order chi connectivity index (χ0) is 38.4. The molecule has 270 valence electrons. The van der Waals surface area contributed by atoms with E-state index in [2.05, 4.69) is 150 Å². The smallest absolute Gasteiger partial charge is 0.267 e. The minimum Gasteiger partial charge on any atom is -0.308 e. The maximum absolute atomic E-state index is 14.2. The Morgan fingerprint density at radius 2 is 0.860 bits per heavy atom. The first-order chi connectivity index (χ1) is 28.0. The molecule has 57 heavy (non-hydrogen) atoms. The van der Waals surface area contributed by atoms with E-state index in [1.807, 2.05) is 12.1 Å². The lowest BCUT2D eigenvalue weighted by molar-refractivity contribution is 0.0925. The van der Waals surface area contributed by atoms with Gasteiger partial charge < -0.3 is 9.13 Å². The first kappa shape index (κ1) is 32.8. The molecule has 0 spiro atoms. The molecule has 0 bridgehead atoms. The molecular weight excluding hydrogens is 701 g/mol. The van der Waals surface area contributed by atoms with Crippen LogP contribution in [-0.4, -0.2) is 25.9 Å². The number of imide groups is 1. The lowest BCUT2D eigenvalue weighted by Gasteiger charge is -2.21. The molecule has 0 N–H and O–H groups in total. The molecule has 0 aliphatic carbocycles. The van der Waals surface area contributed by atoms with Crippen LogP contribution >= 0.6 is 0 Å². The quantitative estimate of drug-likeness (QED) is 0.165. The van der Waals surface area contributed by atoms with Crippen LogP contribution in [0, 0.1) is 13.8 Å². The molecule has 0 radical (unpaired) electrons. The molecule has 3 aromatic heterocycles. The van der Waals surface area contributed by atoms with Gasteiger partial charge in [0.15, 0.2) is 5.82 Å². The Hall–Kier alpha value is -7.57. The Kier molecular flexibility index (Phi) is 7.19. The second kappa shape index (κ2) is 12.5. The van der Waals surface area contributed by atoms with E-state index in [0.29, 0.717) is 16.8 Å². The summed E-state index contributed by atoms with van der Waals surface area (Å²) in [5.41, 5.74) is 13.0. The molecule has 6 nitrogen and oxygen atoms in total. The number of aryl methyl sites for hydroxylation is 2. The van der Waals surface area contributed by atoms with Gasteiger partial charge in [0.2, 0.25) is 0 Å². The Labute approximate surface area is 328 Å². The van der Waals surface area contributed by atoms with Crippen molar-refractivity contribution in [3.63, 3.8) is 0 Å². The van der Waals surface area contributed by atoms with E-state index >= 15 is 0 Å². The van der Waals surface area contributed by atoms with E-state index < -0.39 is 11.8 Å².